The van der Waals surface area contributed by atoms with Gasteiger partial charge in [-0.3, -0.25) is 9.69 Å². The summed E-state index contributed by atoms with van der Waals surface area (Å²) in [6.45, 7) is 7.35. The maximum atomic E-state index is 12.6. The largest absolute Gasteiger partial charge is 0.322 e. The van der Waals surface area contributed by atoms with Crippen molar-refractivity contribution in [1.29, 1.82) is 0 Å². The van der Waals surface area contributed by atoms with Crippen molar-refractivity contribution in [1.82, 2.24) is 4.90 Å². The first kappa shape index (κ1) is 16.7. The van der Waals surface area contributed by atoms with Crippen LogP contribution in [0.4, 0.5) is 5.69 Å². The van der Waals surface area contributed by atoms with Crippen LogP contribution in [0.5, 0.6) is 0 Å². The van der Waals surface area contributed by atoms with Crippen LogP contribution < -0.4 is 5.32 Å². The van der Waals surface area contributed by atoms with Crippen molar-refractivity contribution in [3.05, 3.63) is 64.7 Å². The minimum Gasteiger partial charge on any atom is -0.322 e. The number of carbonyl (C=O) groups is 1. The van der Waals surface area contributed by atoms with Crippen LogP contribution in [0.2, 0.25) is 0 Å². The van der Waals surface area contributed by atoms with Crippen LogP contribution in [-0.2, 0) is 6.54 Å². The molecule has 0 aliphatic carbocycles. The van der Waals surface area contributed by atoms with Gasteiger partial charge in [-0.15, -0.1) is 0 Å². The zero-order chi connectivity index (χ0) is 16.9. The third kappa shape index (κ3) is 4.04. The molecular formula is C21H26N2O. The van der Waals surface area contributed by atoms with E-state index in [4.69, 9.17) is 0 Å². The van der Waals surface area contributed by atoms with E-state index >= 15 is 0 Å². The quantitative estimate of drug-likeness (QED) is 0.896. The predicted molar refractivity (Wildman–Crippen MR) is 99.4 cm³/mol. The summed E-state index contributed by atoms with van der Waals surface area (Å²) < 4.78 is 0. The molecule has 1 aliphatic heterocycles. The van der Waals surface area contributed by atoms with Crippen LogP contribution in [-0.4, -0.2) is 23.9 Å². The van der Waals surface area contributed by atoms with Gasteiger partial charge in [-0.25, -0.2) is 0 Å². The first-order valence-corrected chi connectivity index (χ1v) is 8.82. The first-order chi connectivity index (χ1) is 11.6. The highest BCUT2D eigenvalue weighted by Crippen LogP contribution is 2.18. The molecule has 3 nitrogen and oxygen atoms in total. The Labute approximate surface area is 144 Å². The molecule has 0 bridgehead atoms. The van der Waals surface area contributed by atoms with E-state index in [9.17, 15) is 4.79 Å². The molecule has 3 rings (SSSR count). The number of anilines is 1. The molecule has 24 heavy (non-hydrogen) atoms. The van der Waals surface area contributed by atoms with Gasteiger partial charge in [0, 0.05) is 17.8 Å². The minimum atomic E-state index is -0.0358. The summed E-state index contributed by atoms with van der Waals surface area (Å²) in [5, 5.41) is 3.05. The molecule has 0 atom stereocenters. The van der Waals surface area contributed by atoms with Crippen molar-refractivity contribution < 1.29 is 4.79 Å². The van der Waals surface area contributed by atoms with E-state index in [2.05, 4.69) is 22.3 Å². The Morgan fingerprint density at radius 2 is 1.79 bits per heavy atom. The summed E-state index contributed by atoms with van der Waals surface area (Å²) >= 11 is 0. The molecule has 1 heterocycles. The van der Waals surface area contributed by atoms with Crippen LogP contribution in [0.1, 0.15) is 46.3 Å². The third-order valence-corrected chi connectivity index (χ3v) is 4.89. The average molecular weight is 322 g/mol. The summed E-state index contributed by atoms with van der Waals surface area (Å²) in [5.74, 6) is -0.0358. The standard InChI is InChI=1S/C21H26N2O/c1-16-8-6-11-20(17(16)2)21(24)22-19-10-7-9-18(14-19)15-23-12-4-3-5-13-23/h6-11,14H,3-5,12-13,15H2,1-2H3,(H,22,24). The molecule has 0 unspecified atom stereocenters. The lowest BCUT2D eigenvalue weighted by atomic mass is 10.0. The summed E-state index contributed by atoms with van der Waals surface area (Å²) in [6.07, 6.45) is 3.94. The van der Waals surface area contributed by atoms with Crippen molar-refractivity contribution in [3.63, 3.8) is 0 Å². The molecule has 1 fully saturated rings. The zero-order valence-electron chi connectivity index (χ0n) is 14.6. The third-order valence-electron chi connectivity index (χ3n) is 4.89. The van der Waals surface area contributed by atoms with Crippen LogP contribution in [0.25, 0.3) is 0 Å². The Balaban J connectivity index is 1.69. The number of piperidine rings is 1. The molecule has 0 aromatic heterocycles. The topological polar surface area (TPSA) is 32.3 Å². The molecule has 3 heteroatoms. The number of hydrogen-bond acceptors (Lipinski definition) is 2. The predicted octanol–water partition coefficient (Wildman–Crippen LogP) is 4.54. The van der Waals surface area contributed by atoms with Crippen LogP contribution in [0.3, 0.4) is 0 Å². The van der Waals surface area contributed by atoms with Gasteiger partial charge < -0.3 is 5.32 Å². The molecule has 2 aromatic carbocycles. The maximum Gasteiger partial charge on any atom is 0.255 e. The van der Waals surface area contributed by atoms with Crippen molar-refractivity contribution in [2.75, 3.05) is 18.4 Å². The van der Waals surface area contributed by atoms with Crippen LogP contribution >= 0.6 is 0 Å². The number of carbonyl (C=O) groups excluding carboxylic acids is 1. The fourth-order valence-corrected chi connectivity index (χ4v) is 3.32. The SMILES string of the molecule is Cc1cccc(C(=O)Nc2cccc(CN3CCCCC3)c2)c1C. The summed E-state index contributed by atoms with van der Waals surface area (Å²) in [4.78, 5) is 15.1. The molecule has 1 amide bonds. The summed E-state index contributed by atoms with van der Waals surface area (Å²) in [7, 11) is 0. The Morgan fingerprint density at radius 3 is 2.58 bits per heavy atom. The van der Waals surface area contributed by atoms with Gasteiger partial charge in [0.2, 0.25) is 0 Å². The fourth-order valence-electron chi connectivity index (χ4n) is 3.32. The molecular weight excluding hydrogens is 296 g/mol. The molecule has 0 radical (unpaired) electrons. The number of nitrogens with one attached hydrogen (secondary N) is 1. The van der Waals surface area contributed by atoms with E-state index in [1.807, 2.05) is 44.2 Å². The van der Waals surface area contributed by atoms with Crippen LogP contribution in [0, 0.1) is 13.8 Å². The van der Waals surface area contributed by atoms with Gasteiger partial charge in [0.1, 0.15) is 0 Å². The van der Waals surface area contributed by atoms with E-state index in [1.165, 1.54) is 37.9 Å². The smallest absolute Gasteiger partial charge is 0.255 e. The number of hydrogen-bond donors (Lipinski definition) is 1. The molecule has 0 spiro atoms. The molecule has 126 valence electrons. The van der Waals surface area contributed by atoms with Gasteiger partial charge in [-0.1, -0.05) is 30.7 Å². The molecule has 2 aromatic rings. The van der Waals surface area contributed by atoms with Crippen LogP contribution in [0.15, 0.2) is 42.5 Å². The van der Waals surface area contributed by atoms with Crippen molar-refractivity contribution in [3.8, 4) is 0 Å². The number of benzene rings is 2. The van der Waals surface area contributed by atoms with E-state index in [1.54, 1.807) is 0 Å². The average Bonchev–Trinajstić information content (AvgIpc) is 2.58. The van der Waals surface area contributed by atoms with E-state index in [0.29, 0.717) is 0 Å². The normalized spacial score (nSPS) is 15.2. The molecule has 1 aliphatic rings. The summed E-state index contributed by atoms with van der Waals surface area (Å²) in [5.41, 5.74) is 5.06. The number of nitrogens with zero attached hydrogens (tertiary/aromatic N) is 1. The highest BCUT2D eigenvalue weighted by molar-refractivity contribution is 6.05. The van der Waals surface area contributed by atoms with E-state index < -0.39 is 0 Å². The lowest BCUT2D eigenvalue weighted by Crippen LogP contribution is -2.29. The van der Waals surface area contributed by atoms with Gasteiger partial charge in [0.25, 0.3) is 5.91 Å². The Morgan fingerprint density at radius 1 is 1.04 bits per heavy atom. The minimum absolute atomic E-state index is 0.0358. The Hall–Kier alpha value is -2.13. The van der Waals surface area contributed by atoms with Crippen molar-refractivity contribution >= 4 is 11.6 Å². The monoisotopic (exact) mass is 322 g/mol. The Kier molecular flexibility index (Phi) is 5.31. The second-order valence-electron chi connectivity index (χ2n) is 6.74. The molecule has 1 saturated heterocycles. The fraction of sp³-hybridized carbons (Fsp3) is 0.381. The van der Waals surface area contributed by atoms with Crippen molar-refractivity contribution in [2.45, 2.75) is 39.7 Å². The van der Waals surface area contributed by atoms with Gasteiger partial charge in [-0.05, 0) is 74.7 Å². The second kappa shape index (κ2) is 7.63. The molecule has 1 N–H and O–H groups in total. The highest BCUT2D eigenvalue weighted by atomic mass is 16.1. The molecule has 0 saturated carbocycles. The van der Waals surface area contributed by atoms with Gasteiger partial charge >= 0.3 is 0 Å². The number of rotatable bonds is 4. The Bertz CT molecular complexity index is 718. The second-order valence-corrected chi connectivity index (χ2v) is 6.74. The highest BCUT2D eigenvalue weighted by Gasteiger charge is 2.12. The van der Waals surface area contributed by atoms with E-state index in [-0.39, 0.29) is 5.91 Å². The summed E-state index contributed by atoms with van der Waals surface area (Å²) in [6, 6.07) is 14.1. The van der Waals surface area contributed by atoms with Crippen molar-refractivity contribution in [2.24, 2.45) is 0 Å². The first-order valence-electron chi connectivity index (χ1n) is 8.82. The van der Waals surface area contributed by atoms with E-state index in [0.717, 1.165) is 28.9 Å². The zero-order valence-corrected chi connectivity index (χ0v) is 14.6. The van der Waals surface area contributed by atoms with Gasteiger partial charge in [0.05, 0.1) is 0 Å². The number of likely N-dealkylation sites (tertiary alicyclic amines) is 1. The maximum absolute atomic E-state index is 12.6. The number of amides is 1. The lowest BCUT2D eigenvalue weighted by molar-refractivity contribution is 0.102. The lowest BCUT2D eigenvalue weighted by Gasteiger charge is -2.26. The van der Waals surface area contributed by atoms with Gasteiger partial charge in [-0.2, -0.15) is 0 Å². The number of aryl methyl sites for hydroxylation is 1. The van der Waals surface area contributed by atoms with Gasteiger partial charge in [0.15, 0.2) is 0 Å².